The van der Waals surface area contributed by atoms with Gasteiger partial charge in [-0.05, 0) is 12.8 Å². The first-order valence-electron chi connectivity index (χ1n) is 15.2. The molecule has 0 spiro atoms. The minimum Gasteiger partial charge on any atom is -0.389 e. The van der Waals surface area contributed by atoms with Gasteiger partial charge in [-0.1, -0.05) is 142 Å². The Balaban J connectivity index is 4.17. The summed E-state index contributed by atoms with van der Waals surface area (Å²) in [5, 5.41) is 20.9. The molecule has 212 valence electrons. The highest BCUT2D eigenvalue weighted by atomic mass is 35.5. The molecule has 0 rings (SSSR count). The Morgan fingerprint density at radius 3 is 0.971 bits per heavy atom. The van der Waals surface area contributed by atoms with Crippen LogP contribution in [-0.4, -0.2) is 46.4 Å². The summed E-state index contributed by atoms with van der Waals surface area (Å²) in [6.45, 7) is 4.52. The monoisotopic (exact) mass is 538 g/mol. The average Bonchev–Trinajstić information content (AvgIpc) is 2.88. The minimum atomic E-state index is -0.701. The molecule has 0 fully saturated rings. The third-order valence-corrected chi connectivity index (χ3v) is 7.84. The quantitative estimate of drug-likeness (QED) is 0.0769. The molecule has 0 aromatic heterocycles. The topological polar surface area (TPSA) is 49.7 Å². The Hall–Kier alpha value is 0.460. The molecule has 0 aromatic rings. The van der Waals surface area contributed by atoms with E-state index >= 15 is 0 Å². The van der Waals surface area contributed by atoms with E-state index in [1.807, 2.05) is 0 Å². The molecule has 2 N–H and O–H groups in total. The van der Waals surface area contributed by atoms with Crippen molar-refractivity contribution in [1.82, 2.24) is 0 Å². The normalized spacial score (nSPS) is 15.3. The predicted octanol–water partition coefficient (Wildman–Crippen LogP) is 9.56. The van der Waals surface area contributed by atoms with E-state index in [1.165, 1.54) is 103 Å². The maximum absolute atomic E-state index is 10.4. The fourth-order valence-electron chi connectivity index (χ4n) is 4.79. The van der Waals surface area contributed by atoms with Gasteiger partial charge in [0.15, 0.2) is 0 Å². The van der Waals surface area contributed by atoms with Gasteiger partial charge in [-0.3, -0.25) is 0 Å². The number of unbranched alkanes of at least 4 members (excludes halogenated alkanes) is 18. The Morgan fingerprint density at radius 1 is 0.457 bits per heavy atom. The molecule has 0 aromatic carbocycles. The highest BCUT2D eigenvalue weighted by molar-refractivity contribution is 6.18. The zero-order valence-electron chi connectivity index (χ0n) is 23.3. The van der Waals surface area contributed by atoms with Crippen LogP contribution in [0.25, 0.3) is 0 Å². The number of rotatable bonds is 28. The molecular weight excluding hydrogens is 479 g/mol. The van der Waals surface area contributed by atoms with Crippen LogP contribution in [0, 0.1) is 0 Å². The first-order chi connectivity index (χ1) is 17.1. The van der Waals surface area contributed by atoms with Gasteiger partial charge >= 0.3 is 0 Å². The van der Waals surface area contributed by atoms with Crippen LogP contribution in [0.2, 0.25) is 0 Å². The molecule has 0 amide bonds. The highest BCUT2D eigenvalue weighted by Crippen LogP contribution is 2.21. The average molecular weight is 540 g/mol. The lowest BCUT2D eigenvalue weighted by atomic mass is 10.0. The number of hydrogen-bond donors (Lipinski definition) is 2. The SMILES string of the molecule is CCCCCCCCCCCCC(OC(CCCCCCCCCCCC)C(O)CCl)C(O)CCl. The lowest BCUT2D eigenvalue weighted by Gasteiger charge is -2.30. The molecule has 35 heavy (non-hydrogen) atoms. The molecule has 0 radical (unpaired) electrons. The Kier molecular flexibility index (Phi) is 27.9. The van der Waals surface area contributed by atoms with Crippen molar-refractivity contribution >= 4 is 23.2 Å². The van der Waals surface area contributed by atoms with Gasteiger partial charge in [0.1, 0.15) is 0 Å². The van der Waals surface area contributed by atoms with Gasteiger partial charge in [-0.25, -0.2) is 0 Å². The number of hydrogen-bond acceptors (Lipinski definition) is 3. The zero-order valence-corrected chi connectivity index (χ0v) is 24.9. The summed E-state index contributed by atoms with van der Waals surface area (Å²) in [5.41, 5.74) is 0. The van der Waals surface area contributed by atoms with Crippen LogP contribution in [-0.2, 0) is 4.74 Å². The first kappa shape index (κ1) is 35.5. The molecule has 0 aliphatic rings. The summed E-state index contributed by atoms with van der Waals surface area (Å²) >= 11 is 11.9. The number of halogens is 2. The van der Waals surface area contributed by atoms with E-state index in [0.29, 0.717) is 0 Å². The van der Waals surface area contributed by atoms with Crippen LogP contribution in [0.5, 0.6) is 0 Å². The van der Waals surface area contributed by atoms with Gasteiger partial charge in [0, 0.05) is 0 Å². The van der Waals surface area contributed by atoms with Crippen LogP contribution < -0.4 is 0 Å². The molecule has 0 saturated heterocycles. The first-order valence-corrected chi connectivity index (χ1v) is 16.3. The summed E-state index contributed by atoms with van der Waals surface area (Å²) in [6.07, 6.45) is 25.1. The number of aliphatic hydroxyl groups excluding tert-OH is 2. The van der Waals surface area contributed by atoms with Gasteiger partial charge in [-0.2, -0.15) is 0 Å². The molecule has 4 atom stereocenters. The van der Waals surface area contributed by atoms with Crippen molar-refractivity contribution in [3.8, 4) is 0 Å². The summed E-state index contributed by atoms with van der Waals surface area (Å²) in [4.78, 5) is 0. The number of ether oxygens (including phenoxy) is 1. The largest absolute Gasteiger partial charge is 0.389 e. The van der Waals surface area contributed by atoms with E-state index in [0.717, 1.165) is 38.5 Å². The fourth-order valence-corrected chi connectivity index (χ4v) is 5.19. The molecule has 0 aliphatic heterocycles. The van der Waals surface area contributed by atoms with Gasteiger partial charge in [0.05, 0.1) is 36.2 Å². The third-order valence-electron chi connectivity index (χ3n) is 7.21. The number of aliphatic hydroxyl groups is 2. The van der Waals surface area contributed by atoms with Gasteiger partial charge in [-0.15, -0.1) is 23.2 Å². The van der Waals surface area contributed by atoms with Crippen molar-refractivity contribution in [1.29, 1.82) is 0 Å². The number of alkyl halides is 2. The third kappa shape index (κ3) is 22.2. The maximum atomic E-state index is 10.4. The van der Waals surface area contributed by atoms with Gasteiger partial charge in [0.2, 0.25) is 0 Å². The summed E-state index contributed by atoms with van der Waals surface area (Å²) < 4.78 is 6.25. The van der Waals surface area contributed by atoms with E-state index in [2.05, 4.69) is 13.8 Å². The minimum absolute atomic E-state index is 0.157. The van der Waals surface area contributed by atoms with E-state index in [9.17, 15) is 10.2 Å². The standard InChI is InChI=1S/C30H60Cl2O3/c1-3-5-7-9-11-13-15-17-19-21-23-29(27(33)25-31)35-30(28(34)26-32)24-22-20-18-16-14-12-10-8-6-4-2/h27-30,33-34H,3-26H2,1-2H3. The molecule has 0 aliphatic carbocycles. The van der Waals surface area contributed by atoms with Crippen molar-refractivity contribution in [3.05, 3.63) is 0 Å². The lowest BCUT2D eigenvalue weighted by Crippen LogP contribution is -2.40. The van der Waals surface area contributed by atoms with E-state index in [-0.39, 0.29) is 24.0 Å². The Morgan fingerprint density at radius 2 is 0.714 bits per heavy atom. The Labute approximate surface area is 229 Å². The van der Waals surface area contributed by atoms with E-state index < -0.39 is 12.2 Å². The molecule has 0 bridgehead atoms. The second-order valence-corrected chi connectivity index (χ2v) is 11.2. The summed E-state index contributed by atoms with van der Waals surface area (Å²) in [7, 11) is 0. The van der Waals surface area contributed by atoms with Crippen LogP contribution in [0.4, 0.5) is 0 Å². The zero-order chi connectivity index (χ0) is 26.0. The van der Waals surface area contributed by atoms with Crippen molar-refractivity contribution < 1.29 is 14.9 Å². The van der Waals surface area contributed by atoms with Gasteiger partial charge < -0.3 is 14.9 Å². The second-order valence-electron chi connectivity index (χ2n) is 10.6. The molecular formula is C30H60Cl2O3. The summed E-state index contributed by atoms with van der Waals surface area (Å²) in [6, 6.07) is 0. The lowest BCUT2D eigenvalue weighted by molar-refractivity contribution is -0.112. The van der Waals surface area contributed by atoms with Crippen LogP contribution in [0.1, 0.15) is 155 Å². The van der Waals surface area contributed by atoms with Gasteiger partial charge in [0.25, 0.3) is 0 Å². The maximum Gasteiger partial charge on any atom is 0.0936 e. The molecule has 5 heteroatoms. The summed E-state index contributed by atoms with van der Waals surface area (Å²) in [5.74, 6) is 0.314. The predicted molar refractivity (Wildman–Crippen MR) is 155 cm³/mol. The smallest absolute Gasteiger partial charge is 0.0936 e. The van der Waals surface area contributed by atoms with Crippen molar-refractivity contribution in [2.45, 2.75) is 180 Å². The highest BCUT2D eigenvalue weighted by Gasteiger charge is 2.27. The molecule has 3 nitrogen and oxygen atoms in total. The van der Waals surface area contributed by atoms with Crippen molar-refractivity contribution in [2.24, 2.45) is 0 Å². The van der Waals surface area contributed by atoms with Crippen LogP contribution >= 0.6 is 23.2 Å². The second kappa shape index (κ2) is 27.5. The fraction of sp³-hybridized carbons (Fsp3) is 1.00. The van der Waals surface area contributed by atoms with Crippen LogP contribution in [0.3, 0.4) is 0 Å². The van der Waals surface area contributed by atoms with E-state index in [4.69, 9.17) is 27.9 Å². The van der Waals surface area contributed by atoms with Crippen LogP contribution in [0.15, 0.2) is 0 Å². The van der Waals surface area contributed by atoms with Crippen molar-refractivity contribution in [3.63, 3.8) is 0 Å². The molecule has 0 saturated carbocycles. The molecule has 0 heterocycles. The van der Waals surface area contributed by atoms with E-state index in [1.54, 1.807) is 0 Å². The Bertz CT molecular complexity index is 375. The van der Waals surface area contributed by atoms with Crippen molar-refractivity contribution in [2.75, 3.05) is 11.8 Å². The molecule has 4 unspecified atom stereocenters.